The van der Waals surface area contributed by atoms with Crippen LogP contribution in [0.5, 0.6) is 11.5 Å². The molecule has 0 radical (unpaired) electrons. The molecule has 2 aromatic rings. The third-order valence-electron chi connectivity index (χ3n) is 4.62. The van der Waals surface area contributed by atoms with Gasteiger partial charge in [-0.1, -0.05) is 46.9 Å². The molecule has 0 bridgehead atoms. The molecule has 0 fully saturated rings. The van der Waals surface area contributed by atoms with Crippen molar-refractivity contribution < 1.29 is 24.2 Å². The summed E-state index contributed by atoms with van der Waals surface area (Å²) in [4.78, 5) is 35.6. The molecule has 7 N–H and O–H groups in total. The van der Waals surface area contributed by atoms with Crippen LogP contribution in [0.3, 0.4) is 0 Å². The van der Waals surface area contributed by atoms with Crippen LogP contribution in [0.25, 0.3) is 0 Å². The Morgan fingerprint density at radius 1 is 1.03 bits per heavy atom. The molecule has 0 saturated heterocycles. The van der Waals surface area contributed by atoms with Crippen LogP contribution in [-0.2, 0) is 16.0 Å². The van der Waals surface area contributed by atoms with Crippen LogP contribution >= 0.6 is 34.8 Å². The molecule has 1 unspecified atom stereocenters. The Morgan fingerprint density at radius 3 is 2.35 bits per heavy atom. The first-order chi connectivity index (χ1) is 16.1. The number of phenols is 1. The molecule has 9 nitrogen and oxygen atoms in total. The summed E-state index contributed by atoms with van der Waals surface area (Å²) >= 11 is 18.3. The van der Waals surface area contributed by atoms with E-state index in [2.05, 4.69) is 10.6 Å². The van der Waals surface area contributed by atoms with Crippen molar-refractivity contribution >= 4 is 52.5 Å². The minimum atomic E-state index is -0.732. The molecule has 1 atom stereocenters. The molecule has 12 heteroatoms. The number of amides is 3. The molecule has 2 rings (SSSR count). The summed E-state index contributed by atoms with van der Waals surface area (Å²) in [5.41, 5.74) is 11.7. The van der Waals surface area contributed by atoms with Crippen molar-refractivity contribution in [3.8, 4) is 11.5 Å². The van der Waals surface area contributed by atoms with Crippen molar-refractivity contribution in [2.24, 2.45) is 11.5 Å². The first-order valence-corrected chi connectivity index (χ1v) is 11.4. The predicted molar refractivity (Wildman–Crippen MR) is 131 cm³/mol. The smallest absolute Gasteiger partial charge is 0.257 e. The van der Waals surface area contributed by atoms with Crippen LogP contribution in [0.4, 0.5) is 0 Å². The lowest BCUT2D eigenvalue weighted by Crippen LogP contribution is -2.42. The Morgan fingerprint density at radius 2 is 1.71 bits per heavy atom. The Kier molecular flexibility index (Phi) is 10.7. The summed E-state index contributed by atoms with van der Waals surface area (Å²) < 4.78 is 5.67. The zero-order valence-corrected chi connectivity index (χ0v) is 20.3. The van der Waals surface area contributed by atoms with Gasteiger partial charge in [0.1, 0.15) is 11.3 Å². The van der Waals surface area contributed by atoms with E-state index in [1.165, 1.54) is 18.2 Å². The molecule has 0 spiro atoms. The quantitative estimate of drug-likeness (QED) is 0.209. The average molecular weight is 532 g/mol. The van der Waals surface area contributed by atoms with E-state index in [1.54, 1.807) is 12.1 Å². The summed E-state index contributed by atoms with van der Waals surface area (Å²) in [6, 6.07) is 7.10. The van der Waals surface area contributed by atoms with Crippen molar-refractivity contribution in [1.82, 2.24) is 10.6 Å². The van der Waals surface area contributed by atoms with Crippen LogP contribution in [0.1, 0.15) is 28.8 Å². The van der Waals surface area contributed by atoms with Gasteiger partial charge in [0.05, 0.1) is 34.3 Å². The maximum Gasteiger partial charge on any atom is 0.257 e. The van der Waals surface area contributed by atoms with Crippen LogP contribution < -0.4 is 26.8 Å². The van der Waals surface area contributed by atoms with Crippen molar-refractivity contribution in [2.75, 3.05) is 19.7 Å². The van der Waals surface area contributed by atoms with Gasteiger partial charge < -0.3 is 31.9 Å². The zero-order chi connectivity index (χ0) is 25.3. The van der Waals surface area contributed by atoms with E-state index in [0.29, 0.717) is 25.8 Å². The molecule has 0 saturated carbocycles. The van der Waals surface area contributed by atoms with Crippen LogP contribution in [-0.4, -0.2) is 48.6 Å². The fraction of sp³-hybridized carbons (Fsp3) is 0.318. The Hall–Kier alpha value is -2.72. The van der Waals surface area contributed by atoms with Gasteiger partial charge in [0.25, 0.3) is 5.91 Å². The minimum absolute atomic E-state index is 0.0259. The van der Waals surface area contributed by atoms with E-state index in [-0.39, 0.29) is 44.6 Å². The number of carbonyl (C=O) groups excluding carboxylic acids is 3. The third kappa shape index (κ3) is 8.25. The second kappa shape index (κ2) is 13.2. The van der Waals surface area contributed by atoms with Gasteiger partial charge in [-0.2, -0.15) is 0 Å². The topological polar surface area (TPSA) is 157 Å². The standard InChI is InChI=1S/C22H25Cl3N4O5/c23-14-10-15(24)20(18(19(14)25)22(33)29-11-17(27)31)34-8-2-1-7-28-21(32)16(26)9-12-3-5-13(30)6-4-12/h3-6,10,16,30H,1-2,7-9,11,26H2,(H2,27,31)(H,28,32)(H,29,33). The number of carbonyl (C=O) groups is 3. The Balaban J connectivity index is 1.83. The highest BCUT2D eigenvalue weighted by atomic mass is 35.5. The van der Waals surface area contributed by atoms with E-state index in [4.69, 9.17) is 51.0 Å². The summed E-state index contributed by atoms with van der Waals surface area (Å²) in [6.07, 6.45) is 1.43. The fourth-order valence-corrected chi connectivity index (χ4v) is 3.64. The highest BCUT2D eigenvalue weighted by Crippen LogP contribution is 2.39. The number of nitrogens with two attached hydrogens (primary N) is 2. The normalized spacial score (nSPS) is 11.5. The van der Waals surface area contributed by atoms with Crippen LogP contribution in [0.15, 0.2) is 30.3 Å². The molecule has 3 amide bonds. The SMILES string of the molecule is NC(=O)CNC(=O)c1c(Cl)c(Cl)cc(Cl)c1OCCCCNC(=O)C(N)Cc1ccc(O)cc1. The van der Waals surface area contributed by atoms with Crippen LogP contribution in [0, 0.1) is 0 Å². The lowest BCUT2D eigenvalue weighted by Gasteiger charge is -2.16. The average Bonchev–Trinajstić information content (AvgIpc) is 2.78. The minimum Gasteiger partial charge on any atom is -0.508 e. The van der Waals surface area contributed by atoms with E-state index >= 15 is 0 Å². The van der Waals surface area contributed by atoms with E-state index < -0.39 is 24.4 Å². The van der Waals surface area contributed by atoms with Gasteiger partial charge in [0.15, 0.2) is 5.75 Å². The number of nitrogens with one attached hydrogen (secondary N) is 2. The number of ether oxygens (including phenoxy) is 1. The number of halogens is 3. The summed E-state index contributed by atoms with van der Waals surface area (Å²) in [5, 5.41) is 14.4. The number of unbranched alkanes of at least 4 members (excludes halogenated alkanes) is 1. The molecule has 2 aromatic carbocycles. The molecule has 34 heavy (non-hydrogen) atoms. The Labute approximate surface area is 211 Å². The van der Waals surface area contributed by atoms with Gasteiger partial charge in [-0.3, -0.25) is 14.4 Å². The van der Waals surface area contributed by atoms with Gasteiger partial charge in [0, 0.05) is 6.54 Å². The third-order valence-corrected chi connectivity index (χ3v) is 5.69. The molecule has 0 aromatic heterocycles. The second-order valence-electron chi connectivity index (χ2n) is 7.33. The maximum absolute atomic E-state index is 12.4. The molecule has 0 aliphatic heterocycles. The highest BCUT2D eigenvalue weighted by molar-refractivity contribution is 6.45. The molecular formula is C22H25Cl3N4O5. The Bertz CT molecular complexity index is 1030. The van der Waals surface area contributed by atoms with E-state index in [0.717, 1.165) is 5.56 Å². The number of aromatic hydroxyl groups is 1. The number of benzene rings is 2. The summed E-state index contributed by atoms with van der Waals surface area (Å²) in [5.74, 6) is -1.57. The molecule has 0 aliphatic carbocycles. The summed E-state index contributed by atoms with van der Waals surface area (Å²) in [6.45, 7) is 0.142. The maximum atomic E-state index is 12.4. The number of phenolic OH excluding ortho intramolecular Hbond substituents is 1. The molecule has 184 valence electrons. The van der Waals surface area contributed by atoms with Gasteiger partial charge in [-0.25, -0.2) is 0 Å². The van der Waals surface area contributed by atoms with Gasteiger partial charge in [-0.15, -0.1) is 0 Å². The van der Waals surface area contributed by atoms with Crippen molar-refractivity contribution in [3.63, 3.8) is 0 Å². The first kappa shape index (κ1) is 27.5. The zero-order valence-electron chi connectivity index (χ0n) is 18.1. The monoisotopic (exact) mass is 530 g/mol. The molecule has 0 aliphatic rings. The van der Waals surface area contributed by atoms with Gasteiger partial charge in [-0.05, 0) is 43.0 Å². The van der Waals surface area contributed by atoms with Crippen molar-refractivity contribution in [3.05, 3.63) is 56.5 Å². The predicted octanol–water partition coefficient (Wildman–Crippen LogP) is 2.41. The van der Waals surface area contributed by atoms with Gasteiger partial charge >= 0.3 is 0 Å². The lowest BCUT2D eigenvalue weighted by atomic mass is 10.1. The first-order valence-electron chi connectivity index (χ1n) is 10.3. The molecular weight excluding hydrogens is 507 g/mol. The second-order valence-corrected chi connectivity index (χ2v) is 8.52. The number of primary amides is 1. The number of hydrogen-bond donors (Lipinski definition) is 5. The largest absolute Gasteiger partial charge is 0.508 e. The summed E-state index contributed by atoms with van der Waals surface area (Å²) in [7, 11) is 0. The van der Waals surface area contributed by atoms with Crippen molar-refractivity contribution in [2.45, 2.75) is 25.3 Å². The van der Waals surface area contributed by atoms with Crippen LogP contribution in [0.2, 0.25) is 15.1 Å². The number of rotatable bonds is 12. The highest BCUT2D eigenvalue weighted by Gasteiger charge is 2.23. The fourth-order valence-electron chi connectivity index (χ4n) is 2.90. The van der Waals surface area contributed by atoms with Crippen molar-refractivity contribution in [1.29, 1.82) is 0 Å². The van der Waals surface area contributed by atoms with E-state index in [1.807, 2.05) is 0 Å². The number of hydrogen-bond acceptors (Lipinski definition) is 6. The molecule has 0 heterocycles. The van der Waals surface area contributed by atoms with Gasteiger partial charge in [0.2, 0.25) is 11.8 Å². The van der Waals surface area contributed by atoms with E-state index in [9.17, 15) is 19.5 Å². The lowest BCUT2D eigenvalue weighted by molar-refractivity contribution is -0.122.